The molecule has 5 nitrogen and oxygen atoms in total. The van der Waals surface area contributed by atoms with Gasteiger partial charge in [-0.1, -0.05) is 67.6 Å². The fourth-order valence-corrected chi connectivity index (χ4v) is 4.69. The van der Waals surface area contributed by atoms with E-state index in [-0.39, 0.29) is 35.7 Å². The summed E-state index contributed by atoms with van der Waals surface area (Å²) >= 11 is 1.69. The number of ether oxygens (including phenoxy) is 3. The summed E-state index contributed by atoms with van der Waals surface area (Å²) < 4.78 is 18.9. The van der Waals surface area contributed by atoms with Crippen LogP contribution in [0, 0.1) is 0 Å². The fraction of sp³-hybridized carbons (Fsp3) is 0.458. The van der Waals surface area contributed by atoms with Crippen molar-refractivity contribution < 1.29 is 19.0 Å². The molecule has 6 heteroatoms. The van der Waals surface area contributed by atoms with Gasteiger partial charge in [0.2, 0.25) is 5.91 Å². The van der Waals surface area contributed by atoms with Gasteiger partial charge in [-0.2, -0.15) is 0 Å². The molecule has 0 aromatic heterocycles. The summed E-state index contributed by atoms with van der Waals surface area (Å²) in [5, 5.41) is 3.09. The van der Waals surface area contributed by atoms with Crippen molar-refractivity contribution in [3.63, 3.8) is 0 Å². The minimum Gasteiger partial charge on any atom is -0.369 e. The van der Waals surface area contributed by atoms with E-state index in [4.69, 9.17) is 14.2 Å². The summed E-state index contributed by atoms with van der Waals surface area (Å²) in [6.07, 6.45) is -0.814. The SMILES string of the molecule is CCS[C@@H]1O[C@H](C)[C@@H](OCc2ccccc2)[C@H](NC(C)=O)[C@H]1OCc1ccccc1. The maximum absolute atomic E-state index is 12.1. The summed E-state index contributed by atoms with van der Waals surface area (Å²) in [6, 6.07) is 19.8. The molecule has 1 aliphatic heterocycles. The van der Waals surface area contributed by atoms with Crippen LogP contribution in [-0.4, -0.2) is 41.4 Å². The van der Waals surface area contributed by atoms with E-state index in [2.05, 4.69) is 12.2 Å². The van der Waals surface area contributed by atoms with Gasteiger partial charge in [-0.05, 0) is 23.8 Å². The van der Waals surface area contributed by atoms with E-state index in [0.29, 0.717) is 13.2 Å². The second-order valence-electron chi connectivity index (χ2n) is 7.41. The Labute approximate surface area is 183 Å². The van der Waals surface area contributed by atoms with Gasteiger partial charge in [0.05, 0.1) is 25.4 Å². The van der Waals surface area contributed by atoms with Crippen molar-refractivity contribution in [2.24, 2.45) is 0 Å². The predicted octanol–water partition coefficient (Wildman–Crippen LogP) is 4.16. The van der Waals surface area contributed by atoms with Crippen molar-refractivity contribution in [1.29, 1.82) is 0 Å². The first kappa shape index (κ1) is 22.8. The highest BCUT2D eigenvalue weighted by Gasteiger charge is 2.46. The lowest BCUT2D eigenvalue weighted by atomic mass is 9.97. The summed E-state index contributed by atoms with van der Waals surface area (Å²) in [6.45, 7) is 6.53. The molecule has 1 amide bonds. The molecule has 2 aromatic rings. The zero-order valence-corrected chi connectivity index (χ0v) is 18.6. The third-order valence-electron chi connectivity index (χ3n) is 5.06. The topological polar surface area (TPSA) is 56.8 Å². The van der Waals surface area contributed by atoms with Gasteiger partial charge in [-0.15, -0.1) is 11.8 Å². The highest BCUT2D eigenvalue weighted by Crippen LogP contribution is 2.32. The fourth-order valence-electron chi connectivity index (χ4n) is 3.67. The van der Waals surface area contributed by atoms with Crippen LogP contribution in [0.25, 0.3) is 0 Å². The zero-order valence-electron chi connectivity index (χ0n) is 17.8. The Morgan fingerprint density at radius 1 is 0.967 bits per heavy atom. The Balaban J connectivity index is 1.78. The van der Waals surface area contributed by atoms with Crippen LogP contribution >= 0.6 is 11.8 Å². The Morgan fingerprint density at radius 2 is 1.50 bits per heavy atom. The maximum atomic E-state index is 12.1. The average molecular weight is 430 g/mol. The molecular weight excluding hydrogens is 398 g/mol. The number of nitrogens with one attached hydrogen (secondary N) is 1. The lowest BCUT2D eigenvalue weighted by Gasteiger charge is -2.45. The Morgan fingerprint density at radius 3 is 2.00 bits per heavy atom. The van der Waals surface area contributed by atoms with Crippen LogP contribution in [0.2, 0.25) is 0 Å². The van der Waals surface area contributed by atoms with E-state index in [1.165, 1.54) is 6.92 Å². The highest BCUT2D eigenvalue weighted by molar-refractivity contribution is 7.99. The van der Waals surface area contributed by atoms with Crippen LogP contribution in [0.4, 0.5) is 0 Å². The number of hydrogen-bond acceptors (Lipinski definition) is 5. The van der Waals surface area contributed by atoms with Gasteiger partial charge in [-0.3, -0.25) is 4.79 Å². The monoisotopic (exact) mass is 429 g/mol. The minimum absolute atomic E-state index is 0.101. The first-order chi connectivity index (χ1) is 14.6. The molecule has 0 unspecified atom stereocenters. The molecule has 162 valence electrons. The summed E-state index contributed by atoms with van der Waals surface area (Å²) in [5.41, 5.74) is 1.99. The van der Waals surface area contributed by atoms with E-state index in [1.54, 1.807) is 11.8 Å². The lowest BCUT2D eigenvalue weighted by Crippen LogP contribution is -2.63. The Hall–Kier alpha value is -1.86. The average Bonchev–Trinajstić information content (AvgIpc) is 2.74. The molecule has 1 aliphatic rings. The van der Waals surface area contributed by atoms with Crippen LogP contribution < -0.4 is 5.32 Å². The van der Waals surface area contributed by atoms with Crippen molar-refractivity contribution in [3.05, 3.63) is 71.8 Å². The van der Waals surface area contributed by atoms with Gasteiger partial charge in [0.25, 0.3) is 0 Å². The first-order valence-corrected chi connectivity index (χ1v) is 11.5. The number of rotatable bonds is 9. The van der Waals surface area contributed by atoms with Crippen LogP contribution in [0.15, 0.2) is 60.7 Å². The molecule has 2 aromatic carbocycles. The summed E-state index contributed by atoms with van der Waals surface area (Å²) in [5.74, 6) is 0.793. The standard InChI is InChI=1S/C24H31NO4S/c1-4-30-24-23(28-16-20-13-9-6-10-14-20)21(25-18(3)26)22(17(2)29-24)27-15-19-11-7-5-8-12-19/h5-14,17,21-24H,4,15-16H2,1-3H3,(H,25,26)/t17-,21+,22-,23-,24+/m1/s1. The van der Waals surface area contributed by atoms with Gasteiger partial charge in [0.15, 0.2) is 0 Å². The van der Waals surface area contributed by atoms with E-state index < -0.39 is 0 Å². The van der Waals surface area contributed by atoms with Gasteiger partial charge in [0, 0.05) is 6.92 Å². The van der Waals surface area contributed by atoms with Crippen LogP contribution in [-0.2, 0) is 32.2 Å². The van der Waals surface area contributed by atoms with Gasteiger partial charge >= 0.3 is 0 Å². The Kier molecular flexibility index (Phi) is 8.75. The quantitative estimate of drug-likeness (QED) is 0.649. The predicted molar refractivity (Wildman–Crippen MR) is 120 cm³/mol. The number of hydrogen-bond donors (Lipinski definition) is 1. The molecule has 30 heavy (non-hydrogen) atoms. The number of carbonyl (C=O) groups excluding carboxylic acids is 1. The molecule has 0 bridgehead atoms. The second kappa shape index (κ2) is 11.5. The maximum Gasteiger partial charge on any atom is 0.217 e. The van der Waals surface area contributed by atoms with E-state index >= 15 is 0 Å². The smallest absolute Gasteiger partial charge is 0.217 e. The Bertz CT molecular complexity index is 773. The molecule has 3 rings (SSSR count). The molecule has 1 saturated heterocycles. The molecule has 0 saturated carbocycles. The molecule has 5 atom stereocenters. The first-order valence-electron chi connectivity index (χ1n) is 10.4. The van der Waals surface area contributed by atoms with Crippen molar-refractivity contribution in [1.82, 2.24) is 5.32 Å². The molecular formula is C24H31NO4S. The number of carbonyl (C=O) groups is 1. The van der Waals surface area contributed by atoms with E-state index in [0.717, 1.165) is 16.9 Å². The summed E-state index contributed by atoms with van der Waals surface area (Å²) in [7, 11) is 0. The van der Waals surface area contributed by atoms with Crippen molar-refractivity contribution in [2.45, 2.75) is 63.8 Å². The van der Waals surface area contributed by atoms with Crippen molar-refractivity contribution in [2.75, 3.05) is 5.75 Å². The van der Waals surface area contributed by atoms with E-state index in [9.17, 15) is 4.79 Å². The normalized spacial score (nSPS) is 26.3. The van der Waals surface area contributed by atoms with Crippen LogP contribution in [0.3, 0.4) is 0 Å². The van der Waals surface area contributed by atoms with Gasteiger partial charge in [0.1, 0.15) is 17.6 Å². The third-order valence-corrected chi connectivity index (χ3v) is 6.10. The third kappa shape index (κ3) is 6.32. The molecule has 0 spiro atoms. The molecule has 0 radical (unpaired) electrons. The molecule has 0 aliphatic carbocycles. The lowest BCUT2D eigenvalue weighted by molar-refractivity contribution is -0.189. The number of thioether (sulfide) groups is 1. The summed E-state index contributed by atoms with van der Waals surface area (Å²) in [4.78, 5) is 12.1. The molecule has 1 fully saturated rings. The zero-order chi connectivity index (χ0) is 21.3. The van der Waals surface area contributed by atoms with Crippen molar-refractivity contribution >= 4 is 17.7 Å². The van der Waals surface area contributed by atoms with Gasteiger partial charge < -0.3 is 19.5 Å². The molecule has 1 heterocycles. The minimum atomic E-state index is -0.323. The highest BCUT2D eigenvalue weighted by atomic mass is 32.2. The van der Waals surface area contributed by atoms with Crippen LogP contribution in [0.1, 0.15) is 31.9 Å². The van der Waals surface area contributed by atoms with E-state index in [1.807, 2.05) is 67.6 Å². The largest absolute Gasteiger partial charge is 0.369 e. The number of benzene rings is 2. The van der Waals surface area contributed by atoms with Crippen molar-refractivity contribution in [3.8, 4) is 0 Å². The number of amides is 1. The van der Waals surface area contributed by atoms with Gasteiger partial charge in [-0.25, -0.2) is 0 Å². The van der Waals surface area contributed by atoms with Crippen LogP contribution in [0.5, 0.6) is 0 Å². The molecule has 1 N–H and O–H groups in total. The second-order valence-corrected chi connectivity index (χ2v) is 8.79.